The Bertz CT molecular complexity index is 681. The van der Waals surface area contributed by atoms with E-state index >= 15 is 0 Å². The van der Waals surface area contributed by atoms with Gasteiger partial charge in [-0.15, -0.1) is 0 Å². The molecule has 112 valence electrons. The van der Waals surface area contributed by atoms with E-state index in [0.29, 0.717) is 12.0 Å². The molecule has 3 N–H and O–H groups in total. The highest BCUT2D eigenvalue weighted by atomic mass is 79.9. The number of hydrogen-bond donors (Lipinski definition) is 3. The van der Waals surface area contributed by atoms with Crippen LogP contribution in [0.2, 0.25) is 0 Å². The van der Waals surface area contributed by atoms with E-state index in [4.69, 9.17) is 0 Å². The molecule has 1 aliphatic heterocycles. The van der Waals surface area contributed by atoms with Crippen molar-refractivity contribution in [3.8, 4) is 0 Å². The Morgan fingerprint density at radius 2 is 2.05 bits per heavy atom. The molecule has 3 rings (SSSR count). The molecule has 0 saturated carbocycles. The van der Waals surface area contributed by atoms with E-state index < -0.39 is 0 Å². The molecule has 2 aromatic heterocycles. The number of nitrogens with one attached hydrogen (secondary N) is 3. The number of fused-ring (bicyclic) bond motifs is 1. The van der Waals surface area contributed by atoms with E-state index in [9.17, 15) is 0 Å². The average Bonchev–Trinajstić information content (AvgIpc) is 2.96. The summed E-state index contributed by atoms with van der Waals surface area (Å²) in [6.45, 7) is 6.01. The summed E-state index contributed by atoms with van der Waals surface area (Å²) in [5, 5.41) is 10.8. The number of nitrogens with zero attached hydrogens (tertiary/aromatic N) is 3. The third-order valence-corrected chi connectivity index (χ3v) is 4.98. The minimum Gasteiger partial charge on any atom is -0.372 e. The fourth-order valence-corrected chi connectivity index (χ4v) is 2.96. The zero-order chi connectivity index (χ0) is 15.0. The van der Waals surface area contributed by atoms with Crippen molar-refractivity contribution in [1.29, 1.82) is 0 Å². The molecular weight excluding hydrogens is 332 g/mol. The highest BCUT2D eigenvalue weighted by Crippen LogP contribution is 2.31. The first-order chi connectivity index (χ1) is 10.1. The Kier molecular flexibility index (Phi) is 3.95. The Morgan fingerprint density at radius 1 is 1.24 bits per heavy atom. The summed E-state index contributed by atoms with van der Waals surface area (Å²) >= 11 is 3.58. The smallest absolute Gasteiger partial charge is 0.226 e. The predicted molar refractivity (Wildman–Crippen MR) is 89.0 cm³/mol. The molecule has 3 heterocycles. The van der Waals surface area contributed by atoms with Crippen molar-refractivity contribution in [1.82, 2.24) is 20.3 Å². The highest BCUT2D eigenvalue weighted by Gasteiger charge is 2.18. The Labute approximate surface area is 132 Å². The topological polar surface area (TPSA) is 74.8 Å². The summed E-state index contributed by atoms with van der Waals surface area (Å²) in [5.74, 6) is 1.44. The summed E-state index contributed by atoms with van der Waals surface area (Å²) in [7, 11) is 1.87. The lowest BCUT2D eigenvalue weighted by atomic mass is 10.1. The van der Waals surface area contributed by atoms with Gasteiger partial charge in [0.2, 0.25) is 5.95 Å². The molecule has 0 aromatic carbocycles. The van der Waals surface area contributed by atoms with Crippen LogP contribution in [0.5, 0.6) is 0 Å². The Hall–Kier alpha value is -1.47. The third-order valence-electron chi connectivity index (χ3n) is 3.82. The highest BCUT2D eigenvalue weighted by molar-refractivity contribution is 9.10. The van der Waals surface area contributed by atoms with Crippen molar-refractivity contribution >= 4 is 38.7 Å². The number of rotatable bonds is 3. The molecule has 1 aliphatic rings. The fraction of sp³-hybridized carbons (Fsp3) is 0.500. The first kappa shape index (κ1) is 14.5. The molecule has 0 bridgehead atoms. The van der Waals surface area contributed by atoms with Gasteiger partial charge in [-0.25, -0.2) is 4.98 Å². The van der Waals surface area contributed by atoms with Crippen molar-refractivity contribution in [2.75, 3.05) is 30.8 Å². The van der Waals surface area contributed by atoms with Gasteiger partial charge in [-0.3, -0.25) is 0 Å². The monoisotopic (exact) mass is 350 g/mol. The van der Waals surface area contributed by atoms with Gasteiger partial charge in [-0.05, 0) is 48.3 Å². The van der Waals surface area contributed by atoms with Crippen molar-refractivity contribution in [2.45, 2.75) is 26.3 Å². The molecule has 1 atom stereocenters. The summed E-state index contributed by atoms with van der Waals surface area (Å²) in [6.07, 6.45) is 1.09. The zero-order valence-corrected chi connectivity index (χ0v) is 14.0. The maximum atomic E-state index is 4.59. The largest absolute Gasteiger partial charge is 0.372 e. The number of anilines is 2. The second kappa shape index (κ2) is 5.73. The van der Waals surface area contributed by atoms with E-state index in [2.05, 4.69) is 53.8 Å². The normalized spacial score (nSPS) is 18.2. The summed E-state index contributed by atoms with van der Waals surface area (Å²) in [5.41, 5.74) is 2.77. The molecule has 0 spiro atoms. The number of aromatic nitrogens is 3. The molecule has 7 heteroatoms. The van der Waals surface area contributed by atoms with Crippen LogP contribution >= 0.6 is 15.9 Å². The van der Waals surface area contributed by atoms with E-state index in [1.54, 1.807) is 0 Å². The minimum absolute atomic E-state index is 0.379. The Balaban J connectivity index is 2.10. The van der Waals surface area contributed by atoms with Crippen molar-refractivity contribution < 1.29 is 0 Å². The lowest BCUT2D eigenvalue weighted by molar-refractivity contribution is 0.782. The van der Waals surface area contributed by atoms with Crippen LogP contribution in [0.3, 0.4) is 0 Å². The van der Waals surface area contributed by atoms with Crippen LogP contribution in [0.25, 0.3) is 11.0 Å². The molecule has 1 fully saturated rings. The summed E-state index contributed by atoms with van der Waals surface area (Å²) in [6, 6.07) is 0.379. The molecule has 0 radical (unpaired) electrons. The molecule has 0 aliphatic carbocycles. The summed E-state index contributed by atoms with van der Waals surface area (Å²) in [4.78, 5) is 13.8. The van der Waals surface area contributed by atoms with Crippen molar-refractivity contribution in [2.24, 2.45) is 0 Å². The minimum atomic E-state index is 0.379. The van der Waals surface area contributed by atoms with Crippen molar-refractivity contribution in [3.63, 3.8) is 0 Å². The maximum absolute atomic E-state index is 4.59. The van der Waals surface area contributed by atoms with Crippen LogP contribution in [0.15, 0.2) is 4.47 Å². The summed E-state index contributed by atoms with van der Waals surface area (Å²) < 4.78 is 1.01. The molecule has 21 heavy (non-hydrogen) atoms. The van der Waals surface area contributed by atoms with Crippen LogP contribution in [-0.4, -0.2) is 41.1 Å². The van der Waals surface area contributed by atoms with Crippen LogP contribution in [-0.2, 0) is 0 Å². The molecule has 0 unspecified atom stereocenters. The molecule has 2 aromatic rings. The number of hydrogen-bond acceptors (Lipinski definition) is 6. The van der Waals surface area contributed by atoms with Gasteiger partial charge < -0.3 is 16.0 Å². The van der Waals surface area contributed by atoms with E-state index in [1.807, 2.05) is 14.0 Å². The van der Waals surface area contributed by atoms with Gasteiger partial charge in [0, 0.05) is 24.1 Å². The average molecular weight is 351 g/mol. The standard InChI is InChI=1S/C14H19BrN6/c1-7-10-12(16-3)20-14(19-9-4-5-17-6-9)21-13(10)18-8(2)11(7)15/h9,17H,4-6H2,1-3H3,(H2,16,18,19,20,21)/t9-/m1/s1. The lowest BCUT2D eigenvalue weighted by Gasteiger charge is -2.15. The Morgan fingerprint density at radius 3 is 2.71 bits per heavy atom. The van der Waals surface area contributed by atoms with Crippen LogP contribution in [0, 0.1) is 13.8 Å². The second-order valence-corrected chi connectivity index (χ2v) is 6.11. The predicted octanol–water partition coefficient (Wildman–Crippen LogP) is 2.22. The van der Waals surface area contributed by atoms with Gasteiger partial charge in [0.25, 0.3) is 0 Å². The molecule has 0 amide bonds. The van der Waals surface area contributed by atoms with Gasteiger partial charge in [0.1, 0.15) is 5.82 Å². The second-order valence-electron chi connectivity index (χ2n) is 5.31. The number of pyridine rings is 1. The fourth-order valence-electron chi connectivity index (χ4n) is 2.67. The van der Waals surface area contributed by atoms with Crippen molar-refractivity contribution in [3.05, 3.63) is 15.7 Å². The van der Waals surface area contributed by atoms with Gasteiger partial charge in [-0.2, -0.15) is 9.97 Å². The lowest BCUT2D eigenvalue weighted by Crippen LogP contribution is -2.23. The zero-order valence-electron chi connectivity index (χ0n) is 12.4. The van der Waals surface area contributed by atoms with Gasteiger partial charge >= 0.3 is 0 Å². The van der Waals surface area contributed by atoms with Crippen LogP contribution in [0.4, 0.5) is 11.8 Å². The van der Waals surface area contributed by atoms with E-state index in [1.165, 1.54) is 0 Å². The van der Waals surface area contributed by atoms with E-state index in [0.717, 1.165) is 52.1 Å². The molecule has 6 nitrogen and oxygen atoms in total. The first-order valence-corrected chi connectivity index (χ1v) is 7.89. The third kappa shape index (κ3) is 2.67. The first-order valence-electron chi connectivity index (χ1n) is 7.09. The maximum Gasteiger partial charge on any atom is 0.226 e. The molecular formula is C14H19BrN6. The quantitative estimate of drug-likeness (QED) is 0.788. The van der Waals surface area contributed by atoms with E-state index in [-0.39, 0.29) is 0 Å². The van der Waals surface area contributed by atoms with Crippen LogP contribution in [0.1, 0.15) is 17.7 Å². The molecule has 1 saturated heterocycles. The number of halogens is 1. The number of aryl methyl sites for hydroxylation is 2. The van der Waals surface area contributed by atoms with Gasteiger partial charge in [0.05, 0.1) is 11.1 Å². The van der Waals surface area contributed by atoms with Gasteiger partial charge in [-0.1, -0.05) is 0 Å². The van der Waals surface area contributed by atoms with Crippen LogP contribution < -0.4 is 16.0 Å². The van der Waals surface area contributed by atoms with Gasteiger partial charge in [0.15, 0.2) is 5.65 Å². The SMILES string of the molecule is CNc1nc(N[C@@H]2CCNC2)nc2nc(C)c(Br)c(C)c12.